The number of hydrogen-bond donors (Lipinski definition) is 1. The molecule has 4 heterocycles. The van der Waals surface area contributed by atoms with E-state index in [0.29, 0.717) is 29.3 Å². The summed E-state index contributed by atoms with van der Waals surface area (Å²) in [5, 5.41) is 0. The maximum Gasteiger partial charge on any atom is 0.434 e. The Bertz CT molecular complexity index is 1470. The molecule has 0 aliphatic heterocycles. The first-order valence-corrected chi connectivity index (χ1v) is 10.4. The average molecular weight is 464 g/mol. The van der Waals surface area contributed by atoms with Gasteiger partial charge in [-0.05, 0) is 17.7 Å². The van der Waals surface area contributed by atoms with Crippen molar-refractivity contribution in [3.63, 3.8) is 0 Å². The first-order valence-electron chi connectivity index (χ1n) is 10.4. The fourth-order valence-electron chi connectivity index (χ4n) is 3.82. The third-order valence-corrected chi connectivity index (χ3v) is 5.47. The molecule has 0 atom stereocenters. The number of alkyl halides is 3. The van der Waals surface area contributed by atoms with E-state index < -0.39 is 11.9 Å². The predicted octanol–water partition coefficient (Wildman–Crippen LogP) is 5.04. The number of aromatic amines is 1. The molecule has 172 valence electrons. The number of methoxy groups -OCH3 is 1. The molecule has 5 rings (SSSR count). The van der Waals surface area contributed by atoms with Crippen molar-refractivity contribution >= 4 is 11.0 Å². The smallest absolute Gasteiger partial charge is 0.434 e. The van der Waals surface area contributed by atoms with Crippen molar-refractivity contribution in [1.29, 1.82) is 0 Å². The van der Waals surface area contributed by atoms with Crippen LogP contribution in [0.4, 0.5) is 13.2 Å². The van der Waals surface area contributed by atoms with Crippen LogP contribution in [0.15, 0.2) is 61.2 Å². The van der Waals surface area contributed by atoms with Gasteiger partial charge >= 0.3 is 6.18 Å². The van der Waals surface area contributed by atoms with Gasteiger partial charge in [0.15, 0.2) is 11.5 Å². The predicted molar refractivity (Wildman–Crippen MR) is 120 cm³/mol. The molecule has 1 aromatic carbocycles. The number of rotatable bonds is 5. The summed E-state index contributed by atoms with van der Waals surface area (Å²) in [7, 11) is 3.09. The summed E-state index contributed by atoms with van der Waals surface area (Å²) in [4.78, 5) is 20.3. The lowest BCUT2D eigenvalue weighted by atomic mass is 10.0. The summed E-state index contributed by atoms with van der Waals surface area (Å²) in [5.41, 5.74) is 3.91. The van der Waals surface area contributed by atoms with Crippen molar-refractivity contribution in [3.05, 3.63) is 78.0 Å². The zero-order chi connectivity index (χ0) is 23.9. The van der Waals surface area contributed by atoms with Crippen LogP contribution in [0, 0.1) is 0 Å². The van der Waals surface area contributed by atoms with Crippen LogP contribution in [0.5, 0.6) is 5.88 Å². The molecule has 10 heteroatoms. The van der Waals surface area contributed by atoms with Crippen LogP contribution < -0.4 is 4.74 Å². The Balaban J connectivity index is 1.43. The molecule has 34 heavy (non-hydrogen) atoms. The van der Waals surface area contributed by atoms with E-state index in [1.54, 1.807) is 44.8 Å². The number of pyridine rings is 1. The van der Waals surface area contributed by atoms with Gasteiger partial charge in [0.05, 0.1) is 29.9 Å². The lowest BCUT2D eigenvalue weighted by Gasteiger charge is -2.06. The highest BCUT2D eigenvalue weighted by molar-refractivity contribution is 5.81. The molecule has 0 unspecified atom stereocenters. The lowest BCUT2D eigenvalue weighted by molar-refractivity contribution is -0.140. The minimum absolute atomic E-state index is 0.258. The van der Waals surface area contributed by atoms with Gasteiger partial charge in [0.25, 0.3) is 0 Å². The largest absolute Gasteiger partial charge is 0.480 e. The second-order valence-corrected chi connectivity index (χ2v) is 7.76. The van der Waals surface area contributed by atoms with Gasteiger partial charge in [-0.2, -0.15) is 13.2 Å². The number of nitrogens with zero attached hydrogens (tertiary/aromatic N) is 5. The van der Waals surface area contributed by atoms with E-state index in [1.165, 1.54) is 4.57 Å². The van der Waals surface area contributed by atoms with Crippen LogP contribution in [0.3, 0.4) is 0 Å². The van der Waals surface area contributed by atoms with Crippen molar-refractivity contribution < 1.29 is 17.9 Å². The summed E-state index contributed by atoms with van der Waals surface area (Å²) >= 11 is 0. The van der Waals surface area contributed by atoms with Crippen molar-refractivity contribution in [3.8, 4) is 28.7 Å². The topological polar surface area (TPSA) is 81.5 Å². The van der Waals surface area contributed by atoms with E-state index in [4.69, 9.17) is 9.72 Å². The molecule has 0 aliphatic carbocycles. The highest BCUT2D eigenvalue weighted by atomic mass is 19.4. The number of hydrogen-bond acceptors (Lipinski definition) is 5. The van der Waals surface area contributed by atoms with Crippen LogP contribution in [0.1, 0.15) is 16.8 Å². The Hall–Kier alpha value is -4.21. The SMILES string of the molecule is COc1ncccc1-c1ncc2[nH]cc(Cc3ccc(-c4nc(C(F)(F)F)cn4C)cc3)c2n1. The van der Waals surface area contributed by atoms with Crippen LogP contribution in [-0.2, 0) is 19.6 Å². The summed E-state index contributed by atoms with van der Waals surface area (Å²) in [6.45, 7) is 0. The van der Waals surface area contributed by atoms with Gasteiger partial charge in [-0.15, -0.1) is 0 Å². The van der Waals surface area contributed by atoms with E-state index in [1.807, 2.05) is 24.4 Å². The monoisotopic (exact) mass is 464 g/mol. The summed E-state index contributed by atoms with van der Waals surface area (Å²) in [5.74, 6) is 1.20. The first kappa shape index (κ1) is 21.6. The van der Waals surface area contributed by atoms with E-state index >= 15 is 0 Å². The number of H-pyrrole nitrogens is 1. The van der Waals surface area contributed by atoms with Crippen molar-refractivity contribution in [1.82, 2.24) is 29.5 Å². The van der Waals surface area contributed by atoms with Crippen molar-refractivity contribution in [2.75, 3.05) is 7.11 Å². The van der Waals surface area contributed by atoms with Gasteiger partial charge in [0, 0.05) is 43.2 Å². The third kappa shape index (κ3) is 3.98. The highest BCUT2D eigenvalue weighted by Crippen LogP contribution is 2.31. The minimum Gasteiger partial charge on any atom is -0.480 e. The molecule has 0 bridgehead atoms. The standard InChI is InChI=1S/C24H19F3N6O/c1-33-13-19(24(25,26)27)31-22(33)15-7-5-14(6-8-15)10-16-11-29-18-12-30-21(32-20(16)18)17-4-3-9-28-23(17)34-2/h3-9,11-13,29H,10H2,1-2H3. The van der Waals surface area contributed by atoms with Crippen molar-refractivity contribution in [2.24, 2.45) is 7.05 Å². The van der Waals surface area contributed by atoms with Gasteiger partial charge in [-0.1, -0.05) is 24.3 Å². The van der Waals surface area contributed by atoms with Crippen LogP contribution in [0.25, 0.3) is 33.8 Å². The quantitative estimate of drug-likeness (QED) is 0.394. The van der Waals surface area contributed by atoms with Crippen LogP contribution in [0.2, 0.25) is 0 Å². The molecule has 0 amide bonds. The van der Waals surface area contributed by atoms with E-state index in [-0.39, 0.29) is 5.82 Å². The summed E-state index contributed by atoms with van der Waals surface area (Å²) < 4.78 is 45.6. The number of nitrogens with one attached hydrogen (secondary N) is 1. The fourth-order valence-corrected chi connectivity index (χ4v) is 3.82. The third-order valence-electron chi connectivity index (χ3n) is 5.47. The molecule has 7 nitrogen and oxygen atoms in total. The molecule has 0 fully saturated rings. The van der Waals surface area contributed by atoms with Crippen LogP contribution in [-0.4, -0.2) is 36.6 Å². The Labute approximate surface area is 192 Å². The lowest BCUT2D eigenvalue weighted by Crippen LogP contribution is -2.04. The maximum absolute atomic E-state index is 13.0. The van der Waals surface area contributed by atoms with Crippen molar-refractivity contribution in [2.45, 2.75) is 12.6 Å². The second kappa shape index (κ2) is 8.29. The number of halogens is 3. The number of benzene rings is 1. The van der Waals surface area contributed by atoms with Gasteiger partial charge in [0.2, 0.25) is 5.88 Å². The number of aromatic nitrogens is 6. The molecule has 1 N–H and O–H groups in total. The van der Waals surface area contributed by atoms with E-state index in [9.17, 15) is 13.2 Å². The molecule has 4 aromatic heterocycles. The van der Waals surface area contributed by atoms with E-state index in [0.717, 1.165) is 28.4 Å². The Morgan fingerprint density at radius 3 is 2.56 bits per heavy atom. The Morgan fingerprint density at radius 1 is 1.06 bits per heavy atom. The second-order valence-electron chi connectivity index (χ2n) is 7.76. The molecule has 5 aromatic rings. The van der Waals surface area contributed by atoms with Gasteiger partial charge in [0.1, 0.15) is 5.82 Å². The number of aryl methyl sites for hydroxylation is 1. The zero-order valence-electron chi connectivity index (χ0n) is 18.3. The Kier molecular flexibility index (Phi) is 5.27. The minimum atomic E-state index is -4.48. The number of imidazole rings is 1. The molecular formula is C24H19F3N6O. The summed E-state index contributed by atoms with van der Waals surface area (Å²) in [6, 6.07) is 10.9. The molecule has 0 saturated carbocycles. The zero-order valence-corrected chi connectivity index (χ0v) is 18.3. The molecule has 0 spiro atoms. The number of fused-ring (bicyclic) bond motifs is 1. The molecule has 0 saturated heterocycles. The Morgan fingerprint density at radius 2 is 1.85 bits per heavy atom. The van der Waals surface area contributed by atoms with Crippen LogP contribution >= 0.6 is 0 Å². The maximum atomic E-state index is 13.0. The summed E-state index contributed by atoms with van der Waals surface area (Å²) in [6.07, 6.45) is 2.33. The molecular weight excluding hydrogens is 445 g/mol. The van der Waals surface area contributed by atoms with Gasteiger partial charge < -0.3 is 14.3 Å². The first-order chi connectivity index (χ1) is 16.3. The van der Waals surface area contributed by atoms with Gasteiger partial charge in [-0.3, -0.25) is 0 Å². The average Bonchev–Trinajstić information content (AvgIpc) is 3.43. The normalized spacial score (nSPS) is 11.8. The van der Waals surface area contributed by atoms with Gasteiger partial charge in [-0.25, -0.2) is 19.9 Å². The molecule has 0 radical (unpaired) electrons. The molecule has 0 aliphatic rings. The highest BCUT2D eigenvalue weighted by Gasteiger charge is 2.34. The number of ether oxygens (including phenoxy) is 1. The van der Waals surface area contributed by atoms with E-state index in [2.05, 4.69) is 19.9 Å². The fraction of sp³-hybridized carbons (Fsp3) is 0.167.